The number of hydrogen-bond acceptors (Lipinski definition) is 7. The molecule has 1 aliphatic rings. The highest BCUT2D eigenvalue weighted by molar-refractivity contribution is 7.89. The van der Waals surface area contributed by atoms with Gasteiger partial charge in [0.2, 0.25) is 15.9 Å². The third-order valence-electron chi connectivity index (χ3n) is 4.99. The average Bonchev–Trinajstić information content (AvgIpc) is 3.22. The van der Waals surface area contributed by atoms with Gasteiger partial charge in [0.15, 0.2) is 11.6 Å². The number of nitrogens with zero attached hydrogens (tertiary/aromatic N) is 3. The molecule has 0 bridgehead atoms. The van der Waals surface area contributed by atoms with Crippen molar-refractivity contribution in [3.8, 4) is 11.4 Å². The molecule has 5 N–H and O–H groups in total. The van der Waals surface area contributed by atoms with Crippen LogP contribution in [0.3, 0.4) is 0 Å². The molecule has 0 spiro atoms. The average molecular weight is 435 g/mol. The van der Waals surface area contributed by atoms with Crippen LogP contribution in [0, 0.1) is 0 Å². The van der Waals surface area contributed by atoms with Crippen molar-refractivity contribution < 1.29 is 13.2 Å². The van der Waals surface area contributed by atoms with Gasteiger partial charge in [0.05, 0.1) is 11.1 Å². The van der Waals surface area contributed by atoms with Gasteiger partial charge >= 0.3 is 0 Å². The Kier molecular flexibility index (Phi) is 4.41. The maximum Gasteiger partial charge on any atom is 0.238 e. The van der Waals surface area contributed by atoms with Crippen molar-refractivity contribution in [3.63, 3.8) is 0 Å². The predicted octanol–water partition coefficient (Wildman–Crippen LogP) is 2.30. The molecule has 0 saturated heterocycles. The summed E-state index contributed by atoms with van der Waals surface area (Å²) in [4.78, 5) is 20.7. The summed E-state index contributed by atoms with van der Waals surface area (Å²) in [5.74, 6) is 0.758. The highest BCUT2D eigenvalue weighted by Crippen LogP contribution is 2.30. The van der Waals surface area contributed by atoms with Crippen LogP contribution in [0.1, 0.15) is 12.0 Å². The fourth-order valence-electron chi connectivity index (χ4n) is 3.46. The van der Waals surface area contributed by atoms with Crippen LogP contribution in [0.5, 0.6) is 0 Å². The predicted molar refractivity (Wildman–Crippen MR) is 115 cm³/mol. The van der Waals surface area contributed by atoms with Gasteiger partial charge < -0.3 is 10.6 Å². The van der Waals surface area contributed by atoms with Gasteiger partial charge in [-0.15, -0.1) is 0 Å². The molecule has 3 heterocycles. The zero-order chi connectivity index (χ0) is 21.6. The minimum atomic E-state index is -3.86. The SMILES string of the molecule is NS(=O)(=O)c1cccc(-c2nc(Nc3ccc4c(c3)NC(=O)CC4)c3[nH]ncc3n2)c1. The maximum atomic E-state index is 11.7. The quantitative estimate of drug-likeness (QED) is 0.383. The van der Waals surface area contributed by atoms with E-state index in [0.717, 1.165) is 16.9 Å². The Morgan fingerprint density at radius 3 is 2.77 bits per heavy atom. The Hall–Kier alpha value is -3.83. The second-order valence-electron chi connectivity index (χ2n) is 7.14. The number of aryl methyl sites for hydroxylation is 1. The van der Waals surface area contributed by atoms with E-state index in [9.17, 15) is 13.2 Å². The third-order valence-corrected chi connectivity index (χ3v) is 5.90. The fraction of sp³-hybridized carbons (Fsp3) is 0.100. The van der Waals surface area contributed by atoms with Gasteiger partial charge in [-0.25, -0.2) is 23.5 Å². The van der Waals surface area contributed by atoms with E-state index < -0.39 is 10.0 Å². The van der Waals surface area contributed by atoms with Crippen molar-refractivity contribution in [2.75, 3.05) is 10.6 Å². The van der Waals surface area contributed by atoms with Gasteiger partial charge in [-0.2, -0.15) is 5.10 Å². The lowest BCUT2D eigenvalue weighted by molar-refractivity contribution is -0.116. The molecule has 2 aromatic carbocycles. The standard InChI is InChI=1S/C20H17N7O3S/c21-31(29,30)14-3-1-2-12(8-14)19-25-16-10-22-27-18(16)20(26-19)23-13-6-4-11-5-7-17(28)24-15(11)9-13/h1-4,6,8-10H,5,7H2,(H,22,27)(H,24,28)(H2,21,29,30)(H,23,25,26). The smallest absolute Gasteiger partial charge is 0.238 e. The van der Waals surface area contributed by atoms with E-state index in [4.69, 9.17) is 5.14 Å². The number of nitrogens with one attached hydrogen (secondary N) is 3. The molecule has 10 nitrogen and oxygen atoms in total. The van der Waals surface area contributed by atoms with Crippen LogP contribution in [0.2, 0.25) is 0 Å². The lowest BCUT2D eigenvalue weighted by Crippen LogP contribution is -2.18. The first kappa shape index (κ1) is 19.2. The molecular formula is C20H17N7O3S. The van der Waals surface area contributed by atoms with Crippen molar-refractivity contribution in [3.05, 3.63) is 54.2 Å². The highest BCUT2D eigenvalue weighted by Gasteiger charge is 2.17. The van der Waals surface area contributed by atoms with E-state index in [1.165, 1.54) is 12.1 Å². The first-order chi connectivity index (χ1) is 14.9. The first-order valence-electron chi connectivity index (χ1n) is 9.41. The second-order valence-corrected chi connectivity index (χ2v) is 8.71. The number of benzene rings is 2. The molecule has 0 saturated carbocycles. The normalized spacial score (nSPS) is 13.6. The Labute approximate surface area is 177 Å². The number of rotatable bonds is 4. The highest BCUT2D eigenvalue weighted by atomic mass is 32.2. The number of aromatic amines is 1. The zero-order valence-corrected chi connectivity index (χ0v) is 16.9. The lowest BCUT2D eigenvalue weighted by Gasteiger charge is -2.18. The summed E-state index contributed by atoms with van der Waals surface area (Å²) in [5, 5.41) is 18.3. The Morgan fingerprint density at radius 2 is 1.94 bits per heavy atom. The summed E-state index contributed by atoms with van der Waals surface area (Å²) in [6.07, 6.45) is 2.73. The van der Waals surface area contributed by atoms with Crippen molar-refractivity contribution in [2.24, 2.45) is 5.14 Å². The van der Waals surface area contributed by atoms with Crippen molar-refractivity contribution >= 4 is 44.2 Å². The lowest BCUT2D eigenvalue weighted by atomic mass is 10.0. The van der Waals surface area contributed by atoms with Crippen LogP contribution in [0.4, 0.5) is 17.2 Å². The van der Waals surface area contributed by atoms with E-state index in [2.05, 4.69) is 30.8 Å². The van der Waals surface area contributed by atoms with E-state index >= 15 is 0 Å². The summed E-state index contributed by atoms with van der Waals surface area (Å²) < 4.78 is 23.4. The summed E-state index contributed by atoms with van der Waals surface area (Å²) in [5.41, 5.74) is 4.19. The molecule has 11 heteroatoms. The number of carbonyl (C=O) groups is 1. The van der Waals surface area contributed by atoms with Crippen LogP contribution in [0.15, 0.2) is 53.6 Å². The minimum Gasteiger partial charge on any atom is -0.338 e. The third kappa shape index (κ3) is 3.71. The molecule has 1 amide bonds. The number of nitrogens with two attached hydrogens (primary N) is 1. The number of sulfonamides is 1. The summed E-state index contributed by atoms with van der Waals surface area (Å²) in [6, 6.07) is 11.8. The van der Waals surface area contributed by atoms with Gasteiger partial charge in [-0.05, 0) is 36.2 Å². The number of aromatic nitrogens is 4. The van der Waals surface area contributed by atoms with Crippen LogP contribution in [-0.2, 0) is 21.2 Å². The topological polar surface area (TPSA) is 156 Å². The minimum absolute atomic E-state index is 0.0142. The van der Waals surface area contributed by atoms with Gasteiger partial charge in [0, 0.05) is 23.4 Å². The van der Waals surface area contributed by atoms with Crippen molar-refractivity contribution in [1.82, 2.24) is 20.2 Å². The summed E-state index contributed by atoms with van der Waals surface area (Å²) in [6.45, 7) is 0. The zero-order valence-electron chi connectivity index (χ0n) is 16.1. The Balaban J connectivity index is 1.57. The summed E-state index contributed by atoms with van der Waals surface area (Å²) >= 11 is 0. The molecule has 31 heavy (non-hydrogen) atoms. The van der Waals surface area contributed by atoms with Gasteiger partial charge in [-0.3, -0.25) is 9.89 Å². The number of amides is 1. The molecule has 4 aromatic rings. The van der Waals surface area contributed by atoms with E-state index in [1.54, 1.807) is 18.3 Å². The van der Waals surface area contributed by atoms with Crippen molar-refractivity contribution in [2.45, 2.75) is 17.7 Å². The van der Waals surface area contributed by atoms with Gasteiger partial charge in [0.25, 0.3) is 0 Å². The maximum absolute atomic E-state index is 11.7. The number of H-pyrrole nitrogens is 1. The molecule has 1 aliphatic heterocycles. The molecule has 0 unspecified atom stereocenters. The molecule has 0 radical (unpaired) electrons. The fourth-order valence-corrected chi connectivity index (χ4v) is 4.02. The molecule has 0 fully saturated rings. The van der Waals surface area contributed by atoms with Crippen LogP contribution in [0.25, 0.3) is 22.4 Å². The van der Waals surface area contributed by atoms with E-state index in [1.807, 2.05) is 18.2 Å². The van der Waals surface area contributed by atoms with Crippen LogP contribution >= 0.6 is 0 Å². The Morgan fingerprint density at radius 1 is 1.06 bits per heavy atom. The number of carbonyl (C=O) groups excluding carboxylic acids is 1. The molecule has 2 aromatic heterocycles. The van der Waals surface area contributed by atoms with E-state index in [-0.39, 0.29) is 10.8 Å². The molecule has 156 valence electrons. The van der Waals surface area contributed by atoms with E-state index in [0.29, 0.717) is 41.1 Å². The van der Waals surface area contributed by atoms with Gasteiger partial charge in [0.1, 0.15) is 11.0 Å². The number of fused-ring (bicyclic) bond motifs is 2. The summed E-state index contributed by atoms with van der Waals surface area (Å²) in [7, 11) is -3.86. The number of primary sulfonamides is 1. The number of hydrogen-bond donors (Lipinski definition) is 4. The van der Waals surface area contributed by atoms with Crippen LogP contribution in [-0.4, -0.2) is 34.5 Å². The molecule has 5 rings (SSSR count). The van der Waals surface area contributed by atoms with Gasteiger partial charge in [-0.1, -0.05) is 18.2 Å². The molecule has 0 atom stereocenters. The molecular weight excluding hydrogens is 418 g/mol. The first-order valence-corrected chi connectivity index (χ1v) is 11.0. The largest absolute Gasteiger partial charge is 0.338 e. The molecule has 0 aliphatic carbocycles. The monoisotopic (exact) mass is 435 g/mol. The number of anilines is 3. The second kappa shape index (κ2) is 7.15. The van der Waals surface area contributed by atoms with Crippen molar-refractivity contribution in [1.29, 1.82) is 0 Å². The van der Waals surface area contributed by atoms with Crippen LogP contribution < -0.4 is 15.8 Å². The Bertz CT molecular complexity index is 1450.